The summed E-state index contributed by atoms with van der Waals surface area (Å²) in [5, 5.41) is 4.91. The molecule has 3 aromatic rings. The highest BCUT2D eigenvalue weighted by atomic mass is 19.1. The van der Waals surface area contributed by atoms with E-state index in [0.29, 0.717) is 49.2 Å². The number of halogens is 2. The Morgan fingerprint density at radius 1 is 1.11 bits per heavy atom. The minimum absolute atomic E-state index is 0.140. The number of benzene rings is 1. The highest BCUT2D eigenvalue weighted by molar-refractivity contribution is 5.86. The predicted octanol–water partition coefficient (Wildman–Crippen LogP) is 2.11. The van der Waals surface area contributed by atoms with Crippen molar-refractivity contribution in [1.29, 1.82) is 0 Å². The van der Waals surface area contributed by atoms with Crippen LogP contribution in [0.1, 0.15) is 18.5 Å². The zero-order valence-electron chi connectivity index (χ0n) is 15.2. The topological polar surface area (TPSA) is 76.1 Å². The first-order chi connectivity index (χ1) is 12.9. The van der Waals surface area contributed by atoms with Crippen LogP contribution in [0.3, 0.4) is 0 Å². The van der Waals surface area contributed by atoms with Gasteiger partial charge in [-0.15, -0.1) is 0 Å². The minimum Gasteiger partial charge on any atom is -0.383 e. The first kappa shape index (κ1) is 17.6. The van der Waals surface area contributed by atoms with E-state index >= 15 is 0 Å². The molecular weight excluding hydrogens is 352 g/mol. The molecule has 1 fully saturated rings. The van der Waals surface area contributed by atoms with Gasteiger partial charge in [-0.3, -0.25) is 9.58 Å². The molecule has 27 heavy (non-hydrogen) atoms. The van der Waals surface area contributed by atoms with Gasteiger partial charge in [0.2, 0.25) is 5.95 Å². The Labute approximate surface area is 155 Å². The van der Waals surface area contributed by atoms with Gasteiger partial charge in [0, 0.05) is 50.9 Å². The average Bonchev–Trinajstić information content (AvgIpc) is 3.03. The normalized spacial score (nSPS) is 16.8. The minimum atomic E-state index is -0.562. The molecule has 142 valence electrons. The Kier molecular flexibility index (Phi) is 4.39. The van der Waals surface area contributed by atoms with Gasteiger partial charge in [-0.25, -0.2) is 8.78 Å². The summed E-state index contributed by atoms with van der Waals surface area (Å²) < 4.78 is 28.9. The van der Waals surface area contributed by atoms with E-state index in [9.17, 15) is 8.78 Å². The van der Waals surface area contributed by atoms with Crippen LogP contribution < -0.4 is 10.6 Å². The lowest BCUT2D eigenvalue weighted by Crippen LogP contribution is -2.47. The van der Waals surface area contributed by atoms with Crippen molar-refractivity contribution in [3.63, 3.8) is 0 Å². The van der Waals surface area contributed by atoms with E-state index in [4.69, 9.17) is 5.73 Å². The first-order valence-corrected chi connectivity index (χ1v) is 8.83. The molecule has 1 atom stereocenters. The number of aromatic nitrogens is 4. The standard InChI is InChI=1S/C18H21F2N7/c1-11(13-4-3-12(19)9-15(13)20)26-5-7-27(8-6-26)18-23-16(21)14-10-22-25(2)17(14)24-18/h3-4,9-11H,5-8H2,1-2H3,(H2,21,23,24)/t11-/m0/s1. The van der Waals surface area contributed by atoms with Gasteiger partial charge in [0.25, 0.3) is 0 Å². The molecule has 3 heterocycles. The fraction of sp³-hybridized carbons (Fsp3) is 0.389. The van der Waals surface area contributed by atoms with Crippen molar-refractivity contribution in [3.8, 4) is 0 Å². The van der Waals surface area contributed by atoms with Crippen LogP contribution >= 0.6 is 0 Å². The highest BCUT2D eigenvalue weighted by Gasteiger charge is 2.25. The monoisotopic (exact) mass is 373 g/mol. The fourth-order valence-corrected chi connectivity index (χ4v) is 3.52. The maximum Gasteiger partial charge on any atom is 0.229 e. The van der Waals surface area contributed by atoms with Crippen LogP contribution in [0.25, 0.3) is 11.0 Å². The molecule has 0 spiro atoms. The molecule has 0 amide bonds. The summed E-state index contributed by atoms with van der Waals surface area (Å²) in [6.07, 6.45) is 1.66. The molecule has 0 saturated carbocycles. The van der Waals surface area contributed by atoms with Crippen LogP contribution in [0, 0.1) is 11.6 Å². The Hall–Kier alpha value is -2.81. The first-order valence-electron chi connectivity index (χ1n) is 8.83. The summed E-state index contributed by atoms with van der Waals surface area (Å²) in [4.78, 5) is 13.2. The number of fused-ring (bicyclic) bond motifs is 1. The molecule has 1 aromatic carbocycles. The van der Waals surface area contributed by atoms with Gasteiger partial charge < -0.3 is 10.6 Å². The van der Waals surface area contributed by atoms with Crippen molar-refractivity contribution in [2.75, 3.05) is 36.8 Å². The molecule has 0 radical (unpaired) electrons. The van der Waals surface area contributed by atoms with Gasteiger partial charge in [0.05, 0.1) is 11.6 Å². The molecule has 0 aliphatic carbocycles. The van der Waals surface area contributed by atoms with E-state index in [2.05, 4.69) is 24.9 Å². The van der Waals surface area contributed by atoms with Crippen molar-refractivity contribution < 1.29 is 8.78 Å². The second kappa shape index (κ2) is 6.73. The van der Waals surface area contributed by atoms with Crippen LogP contribution in [0.2, 0.25) is 0 Å². The number of hydrogen-bond acceptors (Lipinski definition) is 6. The number of nitrogens with two attached hydrogens (primary N) is 1. The summed E-state index contributed by atoms with van der Waals surface area (Å²) in [7, 11) is 1.81. The smallest absolute Gasteiger partial charge is 0.229 e. The van der Waals surface area contributed by atoms with Crippen LogP contribution in [-0.2, 0) is 7.05 Å². The molecule has 0 unspecified atom stereocenters. The number of nitrogens with zero attached hydrogens (tertiary/aromatic N) is 6. The third kappa shape index (κ3) is 3.18. The number of aryl methyl sites for hydroxylation is 1. The summed E-state index contributed by atoms with van der Waals surface area (Å²) in [6.45, 7) is 4.74. The Morgan fingerprint density at radius 2 is 1.85 bits per heavy atom. The molecule has 9 heteroatoms. The molecule has 0 bridgehead atoms. The highest BCUT2D eigenvalue weighted by Crippen LogP contribution is 2.26. The number of anilines is 2. The van der Waals surface area contributed by atoms with E-state index < -0.39 is 11.6 Å². The van der Waals surface area contributed by atoms with E-state index in [0.717, 1.165) is 11.5 Å². The van der Waals surface area contributed by atoms with Gasteiger partial charge in [-0.05, 0) is 13.0 Å². The third-order valence-corrected chi connectivity index (χ3v) is 5.17. The molecule has 1 aliphatic heterocycles. The van der Waals surface area contributed by atoms with Gasteiger partial charge in [0.1, 0.15) is 17.5 Å². The largest absolute Gasteiger partial charge is 0.383 e. The lowest BCUT2D eigenvalue weighted by atomic mass is 10.1. The summed E-state index contributed by atoms with van der Waals surface area (Å²) in [6, 6.07) is 3.60. The molecule has 7 nitrogen and oxygen atoms in total. The molecule has 2 N–H and O–H groups in total. The van der Waals surface area contributed by atoms with E-state index in [1.54, 1.807) is 10.9 Å². The van der Waals surface area contributed by atoms with Crippen molar-refractivity contribution in [3.05, 3.63) is 41.6 Å². The predicted molar refractivity (Wildman–Crippen MR) is 99.3 cm³/mol. The molecule has 2 aromatic heterocycles. The second-order valence-electron chi connectivity index (χ2n) is 6.78. The van der Waals surface area contributed by atoms with Crippen LogP contribution in [0.5, 0.6) is 0 Å². The quantitative estimate of drug-likeness (QED) is 0.758. The Balaban J connectivity index is 1.49. The Morgan fingerprint density at radius 3 is 2.56 bits per heavy atom. The second-order valence-corrected chi connectivity index (χ2v) is 6.78. The SMILES string of the molecule is C[C@@H](c1ccc(F)cc1F)N1CCN(c2nc(N)c3cnn(C)c3n2)CC1. The molecule has 1 saturated heterocycles. The summed E-state index contributed by atoms with van der Waals surface area (Å²) >= 11 is 0. The number of hydrogen-bond donors (Lipinski definition) is 1. The number of piperazine rings is 1. The van der Waals surface area contributed by atoms with Crippen molar-refractivity contribution >= 4 is 22.8 Å². The van der Waals surface area contributed by atoms with E-state index in [-0.39, 0.29) is 6.04 Å². The van der Waals surface area contributed by atoms with Gasteiger partial charge in [-0.1, -0.05) is 6.07 Å². The third-order valence-electron chi connectivity index (χ3n) is 5.17. The Bertz CT molecular complexity index is 979. The van der Waals surface area contributed by atoms with E-state index in [1.165, 1.54) is 12.1 Å². The summed E-state index contributed by atoms with van der Waals surface area (Å²) in [5.74, 6) is -0.0904. The molecular formula is C18H21F2N7. The fourth-order valence-electron chi connectivity index (χ4n) is 3.52. The van der Waals surface area contributed by atoms with Crippen molar-refractivity contribution in [2.24, 2.45) is 7.05 Å². The zero-order chi connectivity index (χ0) is 19.1. The number of nitrogen functional groups attached to an aromatic ring is 1. The maximum atomic E-state index is 14.1. The van der Waals surface area contributed by atoms with Gasteiger partial charge in [-0.2, -0.15) is 15.1 Å². The summed E-state index contributed by atoms with van der Waals surface area (Å²) in [5.41, 5.74) is 7.24. The maximum absolute atomic E-state index is 14.1. The van der Waals surface area contributed by atoms with Crippen LogP contribution in [-0.4, -0.2) is 50.8 Å². The van der Waals surface area contributed by atoms with Crippen LogP contribution in [0.15, 0.2) is 24.4 Å². The molecule has 1 aliphatic rings. The van der Waals surface area contributed by atoms with Crippen molar-refractivity contribution in [2.45, 2.75) is 13.0 Å². The lowest BCUT2D eigenvalue weighted by Gasteiger charge is -2.38. The average molecular weight is 373 g/mol. The van der Waals surface area contributed by atoms with E-state index in [1.807, 2.05) is 14.0 Å². The zero-order valence-corrected chi connectivity index (χ0v) is 15.2. The van der Waals surface area contributed by atoms with Crippen molar-refractivity contribution in [1.82, 2.24) is 24.6 Å². The molecule has 4 rings (SSSR count). The van der Waals surface area contributed by atoms with Gasteiger partial charge in [0.15, 0.2) is 5.65 Å². The number of rotatable bonds is 3. The lowest BCUT2D eigenvalue weighted by molar-refractivity contribution is 0.194. The van der Waals surface area contributed by atoms with Gasteiger partial charge >= 0.3 is 0 Å². The van der Waals surface area contributed by atoms with Crippen LogP contribution in [0.4, 0.5) is 20.5 Å².